The van der Waals surface area contributed by atoms with Crippen molar-refractivity contribution in [2.75, 3.05) is 39.9 Å². The second kappa shape index (κ2) is 7.20. The zero-order chi connectivity index (χ0) is 11.1. The van der Waals surface area contributed by atoms with E-state index in [4.69, 9.17) is 4.74 Å². The minimum atomic E-state index is 0.697. The largest absolute Gasteiger partial charge is 0.383 e. The van der Waals surface area contributed by atoms with Gasteiger partial charge >= 0.3 is 0 Å². The van der Waals surface area contributed by atoms with Crippen LogP contribution in [0.15, 0.2) is 0 Å². The molecule has 0 radical (unpaired) electrons. The molecule has 1 heterocycles. The van der Waals surface area contributed by atoms with Gasteiger partial charge < -0.3 is 10.1 Å². The van der Waals surface area contributed by atoms with Crippen molar-refractivity contribution in [1.29, 1.82) is 0 Å². The molecule has 90 valence electrons. The van der Waals surface area contributed by atoms with Crippen LogP contribution in [0.4, 0.5) is 0 Å². The minimum absolute atomic E-state index is 0.697. The lowest BCUT2D eigenvalue weighted by molar-refractivity contribution is 0.116. The number of hydrogen-bond donors (Lipinski definition) is 1. The number of nitrogens with zero attached hydrogens (tertiary/aromatic N) is 1. The van der Waals surface area contributed by atoms with Crippen LogP contribution < -0.4 is 5.32 Å². The van der Waals surface area contributed by atoms with Crippen LogP contribution in [0, 0.1) is 5.92 Å². The van der Waals surface area contributed by atoms with Crippen molar-refractivity contribution in [3.8, 4) is 0 Å². The molecule has 1 rings (SSSR count). The van der Waals surface area contributed by atoms with Crippen LogP contribution in [0.5, 0.6) is 0 Å². The first kappa shape index (κ1) is 12.9. The third-order valence-corrected chi connectivity index (χ3v) is 3.02. The van der Waals surface area contributed by atoms with Crippen molar-refractivity contribution in [3.05, 3.63) is 0 Å². The van der Waals surface area contributed by atoms with Crippen molar-refractivity contribution in [1.82, 2.24) is 10.2 Å². The van der Waals surface area contributed by atoms with Crippen LogP contribution in [0.1, 0.15) is 26.7 Å². The van der Waals surface area contributed by atoms with E-state index in [2.05, 4.69) is 24.1 Å². The summed E-state index contributed by atoms with van der Waals surface area (Å²) in [6.45, 7) is 10.1. The molecule has 1 N–H and O–H groups in total. The maximum absolute atomic E-state index is 5.18. The normalized spacial score (nSPS) is 24.4. The average molecular weight is 214 g/mol. The van der Waals surface area contributed by atoms with Gasteiger partial charge in [-0.3, -0.25) is 4.90 Å². The maximum atomic E-state index is 5.18. The Kier molecular flexibility index (Phi) is 6.22. The van der Waals surface area contributed by atoms with Crippen molar-refractivity contribution in [2.45, 2.75) is 32.7 Å². The molecular formula is C12H26N2O. The molecule has 0 bridgehead atoms. The SMILES string of the molecule is COCCN1CCCNCC1CC(C)C. The van der Waals surface area contributed by atoms with Gasteiger partial charge in [-0.15, -0.1) is 0 Å². The highest BCUT2D eigenvalue weighted by molar-refractivity contribution is 4.78. The monoisotopic (exact) mass is 214 g/mol. The first-order chi connectivity index (χ1) is 7.24. The van der Waals surface area contributed by atoms with Crippen LogP contribution in [-0.4, -0.2) is 50.8 Å². The molecule has 15 heavy (non-hydrogen) atoms. The fourth-order valence-corrected chi connectivity index (χ4v) is 2.27. The first-order valence-electron chi connectivity index (χ1n) is 6.17. The molecule has 1 aliphatic heterocycles. The Morgan fingerprint density at radius 1 is 1.47 bits per heavy atom. The Hall–Kier alpha value is -0.120. The Morgan fingerprint density at radius 3 is 2.93 bits per heavy atom. The molecule has 0 aromatic rings. The van der Waals surface area contributed by atoms with E-state index < -0.39 is 0 Å². The Labute approximate surface area is 94.2 Å². The molecule has 3 nitrogen and oxygen atoms in total. The van der Waals surface area contributed by atoms with E-state index in [0.29, 0.717) is 6.04 Å². The molecule has 0 saturated carbocycles. The number of hydrogen-bond acceptors (Lipinski definition) is 3. The summed E-state index contributed by atoms with van der Waals surface area (Å²) >= 11 is 0. The van der Waals surface area contributed by atoms with E-state index >= 15 is 0 Å². The zero-order valence-electron chi connectivity index (χ0n) is 10.5. The van der Waals surface area contributed by atoms with Crippen LogP contribution >= 0.6 is 0 Å². The Bertz CT molecular complexity index is 162. The van der Waals surface area contributed by atoms with Gasteiger partial charge in [-0.2, -0.15) is 0 Å². The van der Waals surface area contributed by atoms with Gasteiger partial charge in [-0.05, 0) is 31.8 Å². The number of methoxy groups -OCH3 is 1. The van der Waals surface area contributed by atoms with E-state index in [0.717, 1.165) is 32.2 Å². The Morgan fingerprint density at radius 2 is 2.27 bits per heavy atom. The predicted molar refractivity (Wildman–Crippen MR) is 64.2 cm³/mol. The summed E-state index contributed by atoms with van der Waals surface area (Å²) in [5, 5.41) is 3.53. The van der Waals surface area contributed by atoms with Gasteiger partial charge in [-0.1, -0.05) is 13.8 Å². The van der Waals surface area contributed by atoms with Gasteiger partial charge in [0.1, 0.15) is 0 Å². The second-order valence-corrected chi connectivity index (χ2v) is 4.87. The van der Waals surface area contributed by atoms with Gasteiger partial charge in [0.05, 0.1) is 6.61 Å². The maximum Gasteiger partial charge on any atom is 0.0589 e. The zero-order valence-corrected chi connectivity index (χ0v) is 10.5. The molecule has 1 saturated heterocycles. The smallest absolute Gasteiger partial charge is 0.0589 e. The van der Waals surface area contributed by atoms with Crippen LogP contribution in [-0.2, 0) is 4.74 Å². The first-order valence-corrected chi connectivity index (χ1v) is 6.17. The lowest BCUT2D eigenvalue weighted by Crippen LogP contribution is -2.42. The molecule has 0 spiro atoms. The van der Waals surface area contributed by atoms with Gasteiger partial charge in [0, 0.05) is 26.2 Å². The molecule has 0 aromatic carbocycles. The molecule has 1 atom stereocenters. The summed E-state index contributed by atoms with van der Waals surface area (Å²) in [4.78, 5) is 2.59. The van der Waals surface area contributed by atoms with Gasteiger partial charge in [-0.25, -0.2) is 0 Å². The van der Waals surface area contributed by atoms with Crippen molar-refractivity contribution in [2.24, 2.45) is 5.92 Å². The standard InChI is InChI=1S/C12H26N2O/c1-11(2)9-12-10-13-5-4-6-14(12)7-8-15-3/h11-13H,4-10H2,1-3H3. The predicted octanol–water partition coefficient (Wildman–Crippen LogP) is 1.34. The lowest BCUT2D eigenvalue weighted by atomic mass is 10.0. The van der Waals surface area contributed by atoms with Crippen molar-refractivity contribution >= 4 is 0 Å². The molecule has 3 heteroatoms. The fraction of sp³-hybridized carbons (Fsp3) is 1.00. The molecule has 1 fully saturated rings. The summed E-state index contributed by atoms with van der Waals surface area (Å²) in [7, 11) is 1.79. The van der Waals surface area contributed by atoms with Crippen LogP contribution in [0.3, 0.4) is 0 Å². The van der Waals surface area contributed by atoms with E-state index in [1.165, 1.54) is 19.4 Å². The highest BCUT2D eigenvalue weighted by Crippen LogP contribution is 2.13. The number of rotatable bonds is 5. The summed E-state index contributed by atoms with van der Waals surface area (Å²) < 4.78 is 5.18. The number of ether oxygens (including phenoxy) is 1. The average Bonchev–Trinajstić information content (AvgIpc) is 2.40. The minimum Gasteiger partial charge on any atom is -0.383 e. The summed E-state index contributed by atoms with van der Waals surface area (Å²) in [5.41, 5.74) is 0. The Balaban J connectivity index is 2.43. The second-order valence-electron chi connectivity index (χ2n) is 4.87. The third-order valence-electron chi connectivity index (χ3n) is 3.02. The summed E-state index contributed by atoms with van der Waals surface area (Å²) in [5.74, 6) is 0.778. The van der Waals surface area contributed by atoms with Crippen LogP contribution in [0.25, 0.3) is 0 Å². The number of nitrogens with one attached hydrogen (secondary N) is 1. The summed E-state index contributed by atoms with van der Waals surface area (Å²) in [6, 6.07) is 0.697. The van der Waals surface area contributed by atoms with E-state index in [1.807, 2.05) is 0 Å². The lowest BCUT2D eigenvalue weighted by Gasteiger charge is -2.30. The molecule has 0 amide bonds. The quantitative estimate of drug-likeness (QED) is 0.747. The summed E-state index contributed by atoms with van der Waals surface area (Å²) in [6.07, 6.45) is 2.55. The topological polar surface area (TPSA) is 24.5 Å². The molecular weight excluding hydrogens is 188 g/mol. The highest BCUT2D eigenvalue weighted by atomic mass is 16.5. The van der Waals surface area contributed by atoms with Crippen molar-refractivity contribution < 1.29 is 4.74 Å². The third kappa shape index (κ3) is 4.96. The van der Waals surface area contributed by atoms with Gasteiger partial charge in [0.2, 0.25) is 0 Å². The van der Waals surface area contributed by atoms with Crippen LogP contribution in [0.2, 0.25) is 0 Å². The molecule has 0 aromatic heterocycles. The van der Waals surface area contributed by atoms with Gasteiger partial charge in [0.25, 0.3) is 0 Å². The highest BCUT2D eigenvalue weighted by Gasteiger charge is 2.20. The molecule has 0 aliphatic carbocycles. The van der Waals surface area contributed by atoms with Gasteiger partial charge in [0.15, 0.2) is 0 Å². The fourth-order valence-electron chi connectivity index (χ4n) is 2.27. The molecule has 1 aliphatic rings. The van der Waals surface area contributed by atoms with Crippen molar-refractivity contribution in [3.63, 3.8) is 0 Å². The van der Waals surface area contributed by atoms with E-state index in [1.54, 1.807) is 7.11 Å². The molecule has 1 unspecified atom stereocenters. The van der Waals surface area contributed by atoms with E-state index in [9.17, 15) is 0 Å². The van der Waals surface area contributed by atoms with E-state index in [-0.39, 0.29) is 0 Å².